The Hall–Kier alpha value is -0.700. The van der Waals surface area contributed by atoms with Gasteiger partial charge in [-0.05, 0) is 18.6 Å². The van der Waals surface area contributed by atoms with Gasteiger partial charge in [0.15, 0.2) is 0 Å². The number of pyridine rings is 1. The van der Waals surface area contributed by atoms with E-state index in [0.717, 1.165) is 61.4 Å². The van der Waals surface area contributed by atoms with E-state index in [1.54, 1.807) is 18.0 Å². The third-order valence-corrected chi connectivity index (χ3v) is 5.05. The van der Waals surface area contributed by atoms with Gasteiger partial charge >= 0.3 is 0 Å². The van der Waals surface area contributed by atoms with Crippen molar-refractivity contribution in [3.8, 4) is 0 Å². The number of nitrogens with zero attached hydrogens (tertiary/aromatic N) is 2. The highest BCUT2D eigenvalue weighted by Gasteiger charge is 2.09. The summed E-state index contributed by atoms with van der Waals surface area (Å²) in [6.07, 6.45) is 1.74. The predicted octanol–water partition coefficient (Wildman–Crippen LogP) is 1.34. The van der Waals surface area contributed by atoms with Crippen molar-refractivity contribution < 1.29 is 19.3 Å². The summed E-state index contributed by atoms with van der Waals surface area (Å²) in [7, 11) is 0. The molecule has 6 nitrogen and oxygen atoms in total. The van der Waals surface area contributed by atoms with Gasteiger partial charge in [-0.2, -0.15) is 0 Å². The zero-order chi connectivity index (χ0) is 17.0. The van der Waals surface area contributed by atoms with Gasteiger partial charge in [0, 0.05) is 36.5 Å². The molecule has 1 aliphatic rings. The van der Waals surface area contributed by atoms with Gasteiger partial charge in [-0.25, -0.2) is 0 Å². The van der Waals surface area contributed by atoms with Crippen LogP contribution in [0.2, 0.25) is 0 Å². The maximum absolute atomic E-state index is 9.22. The Morgan fingerprint density at radius 2 is 1.96 bits per heavy atom. The number of hydrogen-bond donors (Lipinski definition) is 1. The van der Waals surface area contributed by atoms with Crippen LogP contribution in [0.25, 0.3) is 0 Å². The monoisotopic (exact) mass is 356 g/mol. The molecule has 0 saturated carbocycles. The zero-order valence-electron chi connectivity index (χ0n) is 14.4. The molecular weight excluding hydrogens is 328 g/mol. The predicted molar refractivity (Wildman–Crippen MR) is 94.5 cm³/mol. The molecule has 7 heteroatoms. The minimum atomic E-state index is -0.0154. The second-order valence-electron chi connectivity index (χ2n) is 5.57. The molecule has 1 saturated heterocycles. The van der Waals surface area contributed by atoms with Crippen LogP contribution in [-0.2, 0) is 20.8 Å². The standard InChI is InChI=1S/C17H28N2O4S/c1-15-16(14-20)18-3-2-17(15)24-13-12-23-11-10-22-9-6-19-4-7-21-8-5-19/h2-3,20H,4-14H2,1H3. The first-order chi connectivity index (χ1) is 11.8. The van der Waals surface area contributed by atoms with Crippen LogP contribution in [0.5, 0.6) is 0 Å². The van der Waals surface area contributed by atoms with Crippen molar-refractivity contribution in [2.75, 3.05) is 65.0 Å². The average molecular weight is 356 g/mol. The van der Waals surface area contributed by atoms with E-state index in [4.69, 9.17) is 14.2 Å². The van der Waals surface area contributed by atoms with E-state index in [2.05, 4.69) is 9.88 Å². The first kappa shape index (κ1) is 19.6. The van der Waals surface area contributed by atoms with E-state index in [-0.39, 0.29) is 6.61 Å². The number of aliphatic hydroxyl groups is 1. The minimum absolute atomic E-state index is 0.0154. The summed E-state index contributed by atoms with van der Waals surface area (Å²) >= 11 is 1.73. The van der Waals surface area contributed by atoms with Crippen LogP contribution in [0.4, 0.5) is 0 Å². The van der Waals surface area contributed by atoms with Gasteiger partial charge < -0.3 is 19.3 Å². The van der Waals surface area contributed by atoms with Crippen molar-refractivity contribution in [1.82, 2.24) is 9.88 Å². The molecule has 1 aliphatic heterocycles. The van der Waals surface area contributed by atoms with Gasteiger partial charge in [0.25, 0.3) is 0 Å². The van der Waals surface area contributed by atoms with Crippen LogP contribution >= 0.6 is 11.8 Å². The number of thioether (sulfide) groups is 1. The van der Waals surface area contributed by atoms with Crippen LogP contribution < -0.4 is 0 Å². The highest BCUT2D eigenvalue weighted by molar-refractivity contribution is 7.99. The maximum atomic E-state index is 9.22. The molecule has 1 N–H and O–H groups in total. The number of ether oxygens (including phenoxy) is 3. The van der Waals surface area contributed by atoms with Gasteiger partial charge in [-0.1, -0.05) is 0 Å². The fraction of sp³-hybridized carbons (Fsp3) is 0.706. The number of hydrogen-bond acceptors (Lipinski definition) is 7. The molecule has 1 fully saturated rings. The van der Waals surface area contributed by atoms with Crippen molar-refractivity contribution >= 4 is 11.8 Å². The molecule has 0 bridgehead atoms. The Labute approximate surface area is 148 Å². The van der Waals surface area contributed by atoms with E-state index in [1.165, 1.54) is 0 Å². The molecule has 136 valence electrons. The van der Waals surface area contributed by atoms with Gasteiger partial charge in [0.2, 0.25) is 0 Å². The smallest absolute Gasteiger partial charge is 0.0856 e. The molecule has 0 unspecified atom stereocenters. The molecule has 1 aromatic rings. The quantitative estimate of drug-likeness (QED) is 0.474. The van der Waals surface area contributed by atoms with Crippen molar-refractivity contribution in [3.63, 3.8) is 0 Å². The molecule has 0 radical (unpaired) electrons. The van der Waals surface area contributed by atoms with Crippen LogP contribution in [-0.4, -0.2) is 80.0 Å². The van der Waals surface area contributed by atoms with E-state index in [9.17, 15) is 5.11 Å². The molecule has 0 aliphatic carbocycles. The van der Waals surface area contributed by atoms with Crippen LogP contribution in [0.15, 0.2) is 17.2 Å². The van der Waals surface area contributed by atoms with Crippen LogP contribution in [0.3, 0.4) is 0 Å². The van der Waals surface area contributed by atoms with Gasteiger partial charge in [0.05, 0.1) is 51.9 Å². The molecular formula is C17H28N2O4S. The summed E-state index contributed by atoms with van der Waals surface area (Å²) in [6, 6.07) is 1.98. The Bertz CT molecular complexity index is 470. The summed E-state index contributed by atoms with van der Waals surface area (Å²) in [5, 5.41) is 9.22. The summed E-state index contributed by atoms with van der Waals surface area (Å²) in [4.78, 5) is 7.67. The minimum Gasteiger partial charge on any atom is -0.390 e. The Morgan fingerprint density at radius 1 is 1.21 bits per heavy atom. The molecule has 2 heterocycles. The third kappa shape index (κ3) is 7.04. The number of aromatic nitrogens is 1. The van der Waals surface area contributed by atoms with Crippen molar-refractivity contribution in [3.05, 3.63) is 23.5 Å². The summed E-state index contributed by atoms with van der Waals surface area (Å²) in [5.74, 6) is 0.878. The Morgan fingerprint density at radius 3 is 2.71 bits per heavy atom. The fourth-order valence-electron chi connectivity index (χ4n) is 2.43. The first-order valence-electron chi connectivity index (χ1n) is 8.45. The Kier molecular flexibility index (Phi) is 9.64. The van der Waals surface area contributed by atoms with Crippen LogP contribution in [0.1, 0.15) is 11.3 Å². The molecule has 0 aromatic carbocycles. The lowest BCUT2D eigenvalue weighted by atomic mass is 10.2. The molecule has 0 atom stereocenters. The number of rotatable bonds is 11. The van der Waals surface area contributed by atoms with E-state index >= 15 is 0 Å². The lowest BCUT2D eigenvalue weighted by molar-refractivity contribution is 0.00944. The molecule has 2 rings (SSSR count). The Balaban J connectivity index is 1.45. The fourth-order valence-corrected chi connectivity index (χ4v) is 3.34. The number of morpholine rings is 1. The second-order valence-corrected chi connectivity index (χ2v) is 6.70. The highest BCUT2D eigenvalue weighted by Crippen LogP contribution is 2.23. The second kappa shape index (κ2) is 11.8. The van der Waals surface area contributed by atoms with E-state index < -0.39 is 0 Å². The molecule has 0 amide bonds. The van der Waals surface area contributed by atoms with Gasteiger partial charge in [-0.15, -0.1) is 11.8 Å². The zero-order valence-corrected chi connectivity index (χ0v) is 15.2. The molecule has 0 spiro atoms. The summed E-state index contributed by atoms with van der Waals surface area (Å²) in [5.41, 5.74) is 1.80. The molecule has 1 aromatic heterocycles. The van der Waals surface area contributed by atoms with Gasteiger partial charge in [0.1, 0.15) is 0 Å². The first-order valence-corrected chi connectivity index (χ1v) is 9.43. The number of aliphatic hydroxyl groups excluding tert-OH is 1. The van der Waals surface area contributed by atoms with Crippen molar-refractivity contribution in [2.24, 2.45) is 0 Å². The summed E-state index contributed by atoms with van der Waals surface area (Å²) in [6.45, 7) is 9.31. The van der Waals surface area contributed by atoms with Crippen molar-refractivity contribution in [1.29, 1.82) is 0 Å². The van der Waals surface area contributed by atoms with Crippen LogP contribution in [0, 0.1) is 6.92 Å². The van der Waals surface area contributed by atoms with Gasteiger partial charge in [-0.3, -0.25) is 9.88 Å². The summed E-state index contributed by atoms with van der Waals surface area (Å²) < 4.78 is 16.5. The lowest BCUT2D eigenvalue weighted by Gasteiger charge is -2.26. The van der Waals surface area contributed by atoms with Crippen molar-refractivity contribution in [2.45, 2.75) is 18.4 Å². The van der Waals surface area contributed by atoms with E-state index in [0.29, 0.717) is 19.8 Å². The normalized spacial score (nSPS) is 15.8. The topological polar surface area (TPSA) is 64.1 Å². The average Bonchev–Trinajstić information content (AvgIpc) is 2.62. The lowest BCUT2D eigenvalue weighted by Crippen LogP contribution is -2.38. The van der Waals surface area contributed by atoms with E-state index in [1.807, 2.05) is 13.0 Å². The maximum Gasteiger partial charge on any atom is 0.0856 e. The highest BCUT2D eigenvalue weighted by atomic mass is 32.2. The third-order valence-electron chi connectivity index (χ3n) is 3.92. The molecule has 24 heavy (non-hydrogen) atoms. The largest absolute Gasteiger partial charge is 0.390 e. The SMILES string of the molecule is Cc1c(SCCOCCOCCN2CCOCC2)ccnc1CO.